The quantitative estimate of drug-likeness (QED) is 0.423. The van der Waals surface area contributed by atoms with Gasteiger partial charge in [0, 0.05) is 17.8 Å². The van der Waals surface area contributed by atoms with E-state index in [2.05, 4.69) is 25.7 Å². The van der Waals surface area contributed by atoms with Gasteiger partial charge in [0.15, 0.2) is 0 Å². The highest BCUT2D eigenvalue weighted by atomic mass is 19.1. The van der Waals surface area contributed by atoms with E-state index in [1.54, 1.807) is 17.7 Å². The van der Waals surface area contributed by atoms with E-state index in [4.69, 9.17) is 4.74 Å². The van der Waals surface area contributed by atoms with E-state index in [-0.39, 0.29) is 6.04 Å². The van der Waals surface area contributed by atoms with Gasteiger partial charge in [-0.1, -0.05) is 11.3 Å². The van der Waals surface area contributed by atoms with Crippen LogP contribution in [0.15, 0.2) is 30.5 Å². The first-order chi connectivity index (χ1) is 16.4. The Hall–Kier alpha value is -3.34. The number of fused-ring (bicyclic) bond motifs is 2. The Bertz CT molecular complexity index is 1310. The molecule has 0 bridgehead atoms. The number of alkyl halides is 2. The van der Waals surface area contributed by atoms with Gasteiger partial charge in [-0.2, -0.15) is 4.98 Å². The van der Waals surface area contributed by atoms with E-state index in [9.17, 15) is 13.9 Å². The van der Waals surface area contributed by atoms with Crippen molar-refractivity contribution in [1.29, 1.82) is 0 Å². The molecule has 5 rings (SSSR count). The maximum Gasteiger partial charge on any atom is 0.244 e. The number of hydrogen-bond acceptors (Lipinski definition) is 7. The second-order valence-corrected chi connectivity index (χ2v) is 9.08. The fourth-order valence-corrected chi connectivity index (χ4v) is 4.54. The first-order valence-corrected chi connectivity index (χ1v) is 11.3. The van der Waals surface area contributed by atoms with Crippen LogP contribution in [0.1, 0.15) is 38.6 Å². The highest BCUT2D eigenvalue weighted by Crippen LogP contribution is 2.34. The molecule has 180 valence electrons. The molecule has 0 atom stereocenters. The van der Waals surface area contributed by atoms with Crippen molar-refractivity contribution in [1.82, 2.24) is 29.6 Å². The fourth-order valence-electron chi connectivity index (χ4n) is 4.54. The highest BCUT2D eigenvalue weighted by Gasteiger charge is 2.29. The molecular formula is C23H27F2N7O2. The Labute approximate surface area is 194 Å². The van der Waals surface area contributed by atoms with Gasteiger partial charge in [-0.05, 0) is 56.4 Å². The molecule has 0 unspecified atom stereocenters. The van der Waals surface area contributed by atoms with Gasteiger partial charge in [0.05, 0.1) is 18.2 Å². The van der Waals surface area contributed by atoms with Crippen LogP contribution in [0.2, 0.25) is 0 Å². The van der Waals surface area contributed by atoms with Crippen molar-refractivity contribution in [3.8, 4) is 17.0 Å². The Kier molecular flexibility index (Phi) is 5.80. The molecule has 4 aromatic rings. The molecule has 0 aliphatic heterocycles. The number of nitrogens with zero attached hydrogens (tertiary/aromatic N) is 6. The lowest BCUT2D eigenvalue weighted by Gasteiger charge is -2.33. The van der Waals surface area contributed by atoms with Crippen LogP contribution in [-0.4, -0.2) is 66.8 Å². The summed E-state index contributed by atoms with van der Waals surface area (Å²) in [7, 11) is 1.55. The van der Waals surface area contributed by atoms with E-state index >= 15 is 0 Å². The van der Waals surface area contributed by atoms with Crippen LogP contribution < -0.4 is 10.1 Å². The summed E-state index contributed by atoms with van der Waals surface area (Å²) in [6.07, 6.45) is 4.91. The van der Waals surface area contributed by atoms with Gasteiger partial charge in [0.1, 0.15) is 30.4 Å². The number of aromatic nitrogens is 6. The molecular weight excluding hydrogens is 444 g/mol. The number of ether oxygens (including phenoxy) is 1. The second-order valence-electron chi connectivity index (χ2n) is 9.08. The Morgan fingerprint density at radius 1 is 1.24 bits per heavy atom. The van der Waals surface area contributed by atoms with Gasteiger partial charge in [0.25, 0.3) is 0 Å². The number of aliphatic hydroxyl groups is 1. The summed E-state index contributed by atoms with van der Waals surface area (Å²) in [5, 5.41) is 26.1. The number of hydrogen-bond donors (Lipinski definition) is 2. The van der Waals surface area contributed by atoms with Crippen LogP contribution >= 0.6 is 0 Å². The van der Waals surface area contributed by atoms with Gasteiger partial charge < -0.3 is 15.2 Å². The fraction of sp³-hybridized carbons (Fsp3) is 0.478. The first kappa shape index (κ1) is 22.5. The minimum absolute atomic E-state index is 0.173. The molecule has 0 saturated heterocycles. The van der Waals surface area contributed by atoms with Crippen molar-refractivity contribution in [3.05, 3.63) is 30.5 Å². The lowest BCUT2D eigenvalue weighted by atomic mass is 9.84. The van der Waals surface area contributed by atoms with Gasteiger partial charge in [-0.15, -0.1) is 10.2 Å². The molecule has 0 spiro atoms. The van der Waals surface area contributed by atoms with Gasteiger partial charge in [-0.25, -0.2) is 18.0 Å². The molecule has 1 fully saturated rings. The number of halogens is 2. The monoisotopic (exact) mass is 471 g/mol. The van der Waals surface area contributed by atoms with Crippen molar-refractivity contribution in [2.45, 2.75) is 50.3 Å². The van der Waals surface area contributed by atoms with Crippen molar-refractivity contribution >= 4 is 22.5 Å². The number of methoxy groups -OCH3 is 1. The highest BCUT2D eigenvalue weighted by molar-refractivity contribution is 5.89. The summed E-state index contributed by atoms with van der Waals surface area (Å²) in [5.41, 5.74) is 2.77. The standard InChI is InChI=1S/C23H27F2N7O2/c1-23(33)8-5-15(6-9-23)26-22-27-21(34-2)20-17(7-10-31(20)29-22)14-3-4-18-19(11-14)32(30-28-18)16(12-24)13-25/h3-4,7,10-11,15-16,33H,5-6,8-9,12-13H2,1-2H3,(H,26,29). The summed E-state index contributed by atoms with van der Waals surface area (Å²) in [6.45, 7) is 0.125. The smallest absolute Gasteiger partial charge is 0.244 e. The maximum atomic E-state index is 13.3. The van der Waals surface area contributed by atoms with Gasteiger partial charge >= 0.3 is 0 Å². The molecule has 3 aromatic heterocycles. The second kappa shape index (κ2) is 8.79. The van der Waals surface area contributed by atoms with Crippen LogP contribution in [-0.2, 0) is 0 Å². The van der Waals surface area contributed by atoms with E-state index in [1.165, 1.54) is 4.68 Å². The minimum Gasteiger partial charge on any atom is -0.479 e. The largest absolute Gasteiger partial charge is 0.479 e. The summed E-state index contributed by atoms with van der Waals surface area (Å²) >= 11 is 0. The van der Waals surface area contributed by atoms with Crippen molar-refractivity contribution in [2.24, 2.45) is 0 Å². The zero-order chi connectivity index (χ0) is 23.9. The average molecular weight is 472 g/mol. The topological polar surface area (TPSA) is 102 Å². The molecule has 0 amide bonds. The molecule has 0 radical (unpaired) electrons. The first-order valence-electron chi connectivity index (χ1n) is 11.3. The number of nitrogens with one attached hydrogen (secondary N) is 1. The van der Waals surface area contributed by atoms with E-state index < -0.39 is 25.0 Å². The zero-order valence-corrected chi connectivity index (χ0v) is 19.1. The Morgan fingerprint density at radius 3 is 2.71 bits per heavy atom. The summed E-state index contributed by atoms with van der Waals surface area (Å²) in [4.78, 5) is 4.58. The van der Waals surface area contributed by atoms with Crippen molar-refractivity contribution in [2.75, 3.05) is 25.8 Å². The number of anilines is 1. The van der Waals surface area contributed by atoms with Crippen molar-refractivity contribution < 1.29 is 18.6 Å². The normalized spacial score (nSPS) is 20.9. The molecule has 1 aliphatic carbocycles. The lowest BCUT2D eigenvalue weighted by Crippen LogP contribution is -2.36. The SMILES string of the molecule is COc1nc(NC2CCC(C)(O)CC2)nn2ccc(-c3ccc4nnn(C(CF)CF)c4c3)c12. The van der Waals surface area contributed by atoms with Gasteiger partial charge in [0.2, 0.25) is 11.8 Å². The van der Waals surface area contributed by atoms with E-state index in [0.717, 1.165) is 36.8 Å². The summed E-state index contributed by atoms with van der Waals surface area (Å²) < 4.78 is 35.2. The summed E-state index contributed by atoms with van der Waals surface area (Å²) in [5.74, 6) is 0.849. The molecule has 1 aliphatic rings. The molecule has 3 heterocycles. The van der Waals surface area contributed by atoms with E-state index in [0.29, 0.717) is 28.4 Å². The molecule has 34 heavy (non-hydrogen) atoms. The van der Waals surface area contributed by atoms with Gasteiger partial charge in [-0.3, -0.25) is 0 Å². The predicted molar refractivity (Wildman–Crippen MR) is 124 cm³/mol. The molecule has 2 N–H and O–H groups in total. The Morgan fingerprint density at radius 2 is 2.00 bits per heavy atom. The summed E-state index contributed by atoms with van der Waals surface area (Å²) in [6, 6.07) is 6.50. The third kappa shape index (κ3) is 4.04. The third-order valence-corrected chi connectivity index (χ3v) is 6.55. The Balaban J connectivity index is 1.50. The number of benzene rings is 1. The van der Waals surface area contributed by atoms with Crippen LogP contribution in [0.5, 0.6) is 5.88 Å². The maximum absolute atomic E-state index is 13.3. The van der Waals surface area contributed by atoms with Crippen LogP contribution in [0.3, 0.4) is 0 Å². The van der Waals surface area contributed by atoms with E-state index in [1.807, 2.05) is 31.3 Å². The minimum atomic E-state index is -1.01. The lowest BCUT2D eigenvalue weighted by molar-refractivity contribution is 0.0195. The molecule has 11 heteroatoms. The molecule has 9 nitrogen and oxygen atoms in total. The number of rotatable bonds is 7. The van der Waals surface area contributed by atoms with Crippen LogP contribution in [0, 0.1) is 0 Å². The zero-order valence-electron chi connectivity index (χ0n) is 19.1. The van der Waals surface area contributed by atoms with Crippen LogP contribution in [0.25, 0.3) is 27.7 Å². The predicted octanol–water partition coefficient (Wildman–Crippen LogP) is 3.74. The molecule has 1 saturated carbocycles. The van der Waals surface area contributed by atoms with Crippen LogP contribution in [0.4, 0.5) is 14.7 Å². The third-order valence-electron chi connectivity index (χ3n) is 6.55. The molecule has 1 aromatic carbocycles. The van der Waals surface area contributed by atoms with Crippen molar-refractivity contribution in [3.63, 3.8) is 0 Å². The average Bonchev–Trinajstić information content (AvgIpc) is 3.45.